The normalized spacial score (nSPS) is 15.0. The van der Waals surface area contributed by atoms with Crippen LogP contribution in [0.4, 0.5) is 5.69 Å². The van der Waals surface area contributed by atoms with E-state index in [1.165, 1.54) is 36.4 Å². The zero-order chi connectivity index (χ0) is 19.4. The summed E-state index contributed by atoms with van der Waals surface area (Å²) in [5, 5.41) is 11.8. The zero-order valence-corrected chi connectivity index (χ0v) is 15.3. The molecule has 0 aromatic heterocycles. The first-order chi connectivity index (χ1) is 12.8. The fourth-order valence-electron chi connectivity index (χ4n) is 2.69. The second kappa shape index (κ2) is 7.79. The summed E-state index contributed by atoms with van der Waals surface area (Å²) in [6, 6.07) is 12.9. The van der Waals surface area contributed by atoms with Crippen molar-refractivity contribution in [3.63, 3.8) is 0 Å². The lowest BCUT2D eigenvalue weighted by Crippen LogP contribution is -2.41. The molecule has 27 heavy (non-hydrogen) atoms. The van der Waals surface area contributed by atoms with Gasteiger partial charge >= 0.3 is 5.97 Å². The third-order valence-electron chi connectivity index (χ3n) is 4.30. The molecule has 1 atom stereocenters. The lowest BCUT2D eigenvalue weighted by molar-refractivity contribution is -0.139. The molecule has 0 saturated heterocycles. The molecule has 1 aliphatic carbocycles. The molecule has 1 fully saturated rings. The highest BCUT2D eigenvalue weighted by Gasteiger charge is 2.30. The Morgan fingerprint density at radius 2 is 1.78 bits per heavy atom. The standard InChI is InChI=1S/C19H20N2O5S/c22-18(20-17(19(23)24)11-13-9-10-13)14-5-4-6-15(12-14)21-27(25,26)16-7-2-1-3-8-16/h1-8,12-13,17,21H,9-11H2,(H,20,22)(H,23,24). The van der Waals surface area contributed by atoms with Crippen molar-refractivity contribution in [1.82, 2.24) is 5.32 Å². The van der Waals surface area contributed by atoms with Gasteiger partial charge in [0.2, 0.25) is 0 Å². The average Bonchev–Trinajstić information content (AvgIpc) is 3.46. The molecular weight excluding hydrogens is 368 g/mol. The smallest absolute Gasteiger partial charge is 0.326 e. The van der Waals surface area contributed by atoms with Crippen molar-refractivity contribution in [3.8, 4) is 0 Å². The third-order valence-corrected chi connectivity index (χ3v) is 5.70. The Bertz CT molecular complexity index is 940. The number of carboxylic acid groups (broad SMARTS) is 1. The topological polar surface area (TPSA) is 113 Å². The van der Waals surface area contributed by atoms with Crippen LogP contribution in [0.15, 0.2) is 59.5 Å². The van der Waals surface area contributed by atoms with Crippen LogP contribution in [0.25, 0.3) is 0 Å². The van der Waals surface area contributed by atoms with Gasteiger partial charge in [-0.1, -0.05) is 37.1 Å². The molecule has 142 valence electrons. The Labute approximate surface area is 157 Å². The number of sulfonamides is 1. The molecule has 2 aromatic carbocycles. The summed E-state index contributed by atoms with van der Waals surface area (Å²) in [6.07, 6.45) is 2.37. The molecule has 7 nitrogen and oxygen atoms in total. The number of hydrogen-bond acceptors (Lipinski definition) is 4. The number of carbonyl (C=O) groups excluding carboxylic acids is 1. The van der Waals surface area contributed by atoms with E-state index in [-0.39, 0.29) is 16.1 Å². The van der Waals surface area contributed by atoms with Crippen LogP contribution in [0.2, 0.25) is 0 Å². The lowest BCUT2D eigenvalue weighted by atomic mass is 10.1. The van der Waals surface area contributed by atoms with Gasteiger partial charge in [-0.2, -0.15) is 0 Å². The van der Waals surface area contributed by atoms with E-state index in [0.717, 1.165) is 12.8 Å². The highest BCUT2D eigenvalue weighted by atomic mass is 32.2. The van der Waals surface area contributed by atoms with Gasteiger partial charge in [0.15, 0.2) is 0 Å². The Hall–Kier alpha value is -2.87. The quantitative estimate of drug-likeness (QED) is 0.643. The maximum Gasteiger partial charge on any atom is 0.326 e. The average molecular weight is 388 g/mol. The van der Waals surface area contributed by atoms with Crippen LogP contribution >= 0.6 is 0 Å². The molecule has 1 unspecified atom stereocenters. The number of anilines is 1. The second-order valence-electron chi connectivity index (χ2n) is 6.54. The van der Waals surface area contributed by atoms with E-state index in [1.54, 1.807) is 18.2 Å². The first-order valence-corrected chi connectivity index (χ1v) is 10.0. The van der Waals surface area contributed by atoms with Crippen LogP contribution in [-0.4, -0.2) is 31.4 Å². The van der Waals surface area contributed by atoms with Gasteiger partial charge in [-0.15, -0.1) is 0 Å². The molecule has 0 aliphatic heterocycles. The molecule has 0 heterocycles. The van der Waals surface area contributed by atoms with Crippen molar-refractivity contribution in [2.45, 2.75) is 30.2 Å². The van der Waals surface area contributed by atoms with Gasteiger partial charge in [0, 0.05) is 11.3 Å². The first-order valence-electron chi connectivity index (χ1n) is 8.57. The van der Waals surface area contributed by atoms with Crippen molar-refractivity contribution in [2.24, 2.45) is 5.92 Å². The predicted octanol–water partition coefficient (Wildman–Crippen LogP) is 2.47. The van der Waals surface area contributed by atoms with Crippen molar-refractivity contribution >= 4 is 27.6 Å². The molecule has 0 radical (unpaired) electrons. The van der Waals surface area contributed by atoms with E-state index in [2.05, 4.69) is 10.0 Å². The van der Waals surface area contributed by atoms with Crippen LogP contribution < -0.4 is 10.0 Å². The van der Waals surface area contributed by atoms with Gasteiger partial charge in [-0.05, 0) is 42.7 Å². The predicted molar refractivity (Wildman–Crippen MR) is 99.9 cm³/mol. The fourth-order valence-corrected chi connectivity index (χ4v) is 3.76. The minimum Gasteiger partial charge on any atom is -0.480 e. The molecule has 3 N–H and O–H groups in total. The Morgan fingerprint density at radius 1 is 1.07 bits per heavy atom. The largest absolute Gasteiger partial charge is 0.480 e. The summed E-state index contributed by atoms with van der Waals surface area (Å²) in [6.45, 7) is 0. The summed E-state index contributed by atoms with van der Waals surface area (Å²) in [7, 11) is -3.78. The molecule has 0 bridgehead atoms. The number of benzene rings is 2. The summed E-state index contributed by atoms with van der Waals surface area (Å²) in [4.78, 5) is 23.8. The summed E-state index contributed by atoms with van der Waals surface area (Å²) in [5.74, 6) is -1.28. The Morgan fingerprint density at radius 3 is 2.41 bits per heavy atom. The SMILES string of the molecule is O=C(NC(CC1CC1)C(=O)O)c1cccc(NS(=O)(=O)c2ccccc2)c1. The number of carboxylic acids is 1. The van der Waals surface area contributed by atoms with Crippen LogP contribution in [0.5, 0.6) is 0 Å². The monoisotopic (exact) mass is 388 g/mol. The molecule has 8 heteroatoms. The Balaban J connectivity index is 1.72. The second-order valence-corrected chi connectivity index (χ2v) is 8.23. The minimum atomic E-state index is -3.78. The number of rotatable bonds is 8. The van der Waals surface area contributed by atoms with Crippen LogP contribution in [-0.2, 0) is 14.8 Å². The van der Waals surface area contributed by atoms with Crippen molar-refractivity contribution in [1.29, 1.82) is 0 Å². The third kappa shape index (κ3) is 5.07. The van der Waals surface area contributed by atoms with E-state index >= 15 is 0 Å². The van der Waals surface area contributed by atoms with Crippen molar-refractivity contribution in [2.75, 3.05) is 4.72 Å². The van der Waals surface area contributed by atoms with E-state index in [1.807, 2.05) is 0 Å². The molecule has 1 amide bonds. The fraction of sp³-hybridized carbons (Fsp3) is 0.263. The Kier molecular flexibility index (Phi) is 5.46. The summed E-state index contributed by atoms with van der Waals surface area (Å²) < 4.78 is 27.2. The number of hydrogen-bond donors (Lipinski definition) is 3. The first kappa shape index (κ1) is 18.9. The summed E-state index contributed by atoms with van der Waals surface area (Å²) >= 11 is 0. The molecular formula is C19H20N2O5S. The van der Waals surface area contributed by atoms with Gasteiger partial charge < -0.3 is 10.4 Å². The van der Waals surface area contributed by atoms with Crippen molar-refractivity contribution < 1.29 is 23.1 Å². The number of carbonyl (C=O) groups is 2. The maximum absolute atomic E-state index is 12.4. The van der Waals surface area contributed by atoms with Gasteiger partial charge in [-0.3, -0.25) is 9.52 Å². The molecule has 0 spiro atoms. The molecule has 1 aliphatic rings. The van der Waals surface area contributed by atoms with Gasteiger partial charge in [-0.25, -0.2) is 13.2 Å². The van der Waals surface area contributed by atoms with Gasteiger partial charge in [0.25, 0.3) is 15.9 Å². The van der Waals surface area contributed by atoms with E-state index in [0.29, 0.717) is 12.3 Å². The van der Waals surface area contributed by atoms with Crippen LogP contribution in [0.3, 0.4) is 0 Å². The molecule has 3 rings (SSSR count). The molecule has 2 aromatic rings. The van der Waals surface area contributed by atoms with Gasteiger partial charge in [0.05, 0.1) is 4.90 Å². The number of amides is 1. The maximum atomic E-state index is 12.4. The van der Waals surface area contributed by atoms with Crippen LogP contribution in [0, 0.1) is 5.92 Å². The van der Waals surface area contributed by atoms with Crippen molar-refractivity contribution in [3.05, 3.63) is 60.2 Å². The van der Waals surface area contributed by atoms with E-state index < -0.39 is 27.9 Å². The lowest BCUT2D eigenvalue weighted by Gasteiger charge is -2.15. The van der Waals surface area contributed by atoms with Crippen LogP contribution in [0.1, 0.15) is 29.6 Å². The zero-order valence-electron chi connectivity index (χ0n) is 14.5. The van der Waals surface area contributed by atoms with E-state index in [4.69, 9.17) is 0 Å². The van der Waals surface area contributed by atoms with Gasteiger partial charge in [0.1, 0.15) is 6.04 Å². The molecule has 1 saturated carbocycles. The summed E-state index contributed by atoms with van der Waals surface area (Å²) in [5.41, 5.74) is 0.408. The number of nitrogens with one attached hydrogen (secondary N) is 2. The van der Waals surface area contributed by atoms with E-state index in [9.17, 15) is 23.1 Å². The number of aliphatic carboxylic acids is 1. The highest BCUT2D eigenvalue weighted by Crippen LogP contribution is 2.33. The minimum absolute atomic E-state index is 0.107. The highest BCUT2D eigenvalue weighted by molar-refractivity contribution is 7.92.